The molecule has 2 atom stereocenters. The summed E-state index contributed by atoms with van der Waals surface area (Å²) in [7, 11) is 0. The van der Waals surface area contributed by atoms with E-state index in [9.17, 15) is 5.26 Å². The number of thiophene rings is 1. The molecule has 96 valence electrons. The fraction of sp³-hybridized carbons (Fsp3) is 0.643. The summed E-state index contributed by atoms with van der Waals surface area (Å²) in [6.07, 6.45) is 4.71. The third-order valence-electron chi connectivity index (χ3n) is 4.33. The van der Waals surface area contributed by atoms with Crippen LogP contribution < -0.4 is 5.32 Å². The van der Waals surface area contributed by atoms with Crippen LogP contribution in [0.4, 0.5) is 0 Å². The van der Waals surface area contributed by atoms with Gasteiger partial charge in [-0.3, -0.25) is 10.2 Å². The van der Waals surface area contributed by atoms with E-state index < -0.39 is 0 Å². The van der Waals surface area contributed by atoms with Gasteiger partial charge < -0.3 is 0 Å². The highest BCUT2D eigenvalue weighted by atomic mass is 32.1. The maximum absolute atomic E-state index is 9.65. The lowest BCUT2D eigenvalue weighted by Gasteiger charge is -2.37. The van der Waals surface area contributed by atoms with E-state index in [0.717, 1.165) is 19.5 Å². The van der Waals surface area contributed by atoms with Crippen molar-refractivity contribution in [1.29, 1.82) is 5.26 Å². The summed E-state index contributed by atoms with van der Waals surface area (Å²) in [5, 5.41) is 15.3. The number of nitriles is 1. The molecule has 2 aliphatic rings. The van der Waals surface area contributed by atoms with Crippen molar-refractivity contribution >= 4 is 11.3 Å². The molecule has 0 saturated carbocycles. The Hall–Kier alpha value is -0.890. The molecule has 4 heteroatoms. The molecule has 0 spiro atoms. The van der Waals surface area contributed by atoms with Crippen LogP contribution in [0.1, 0.15) is 30.6 Å². The number of fused-ring (bicyclic) bond motifs is 1. The highest BCUT2D eigenvalue weighted by molar-refractivity contribution is 7.09. The summed E-state index contributed by atoms with van der Waals surface area (Å²) < 4.78 is 0. The smallest absolute Gasteiger partial charge is 0.123 e. The minimum atomic E-state index is -0.315. The van der Waals surface area contributed by atoms with Gasteiger partial charge in [0.05, 0.1) is 6.07 Å². The lowest BCUT2D eigenvalue weighted by Crippen LogP contribution is -2.54. The predicted octanol–water partition coefficient (Wildman–Crippen LogP) is 2.36. The minimum absolute atomic E-state index is 0.315. The Morgan fingerprint density at radius 3 is 3.22 bits per heavy atom. The first-order valence-corrected chi connectivity index (χ1v) is 7.65. The lowest BCUT2D eigenvalue weighted by molar-refractivity contribution is 0.160. The Morgan fingerprint density at radius 1 is 1.50 bits per heavy atom. The van der Waals surface area contributed by atoms with Gasteiger partial charge in [-0.1, -0.05) is 12.5 Å². The second-order valence-electron chi connectivity index (χ2n) is 5.31. The first kappa shape index (κ1) is 12.2. The van der Waals surface area contributed by atoms with Crippen LogP contribution in [0.15, 0.2) is 17.5 Å². The fourth-order valence-electron chi connectivity index (χ4n) is 3.34. The van der Waals surface area contributed by atoms with Gasteiger partial charge >= 0.3 is 0 Å². The average Bonchev–Trinajstić information content (AvgIpc) is 3.05. The molecular weight excluding hydrogens is 242 g/mol. The summed E-state index contributed by atoms with van der Waals surface area (Å²) in [5.41, 5.74) is -0.315. The number of piperidine rings is 1. The zero-order valence-electron chi connectivity index (χ0n) is 10.6. The van der Waals surface area contributed by atoms with E-state index in [0.29, 0.717) is 6.04 Å². The van der Waals surface area contributed by atoms with E-state index in [4.69, 9.17) is 0 Å². The van der Waals surface area contributed by atoms with E-state index in [1.165, 1.54) is 30.7 Å². The van der Waals surface area contributed by atoms with Crippen LogP contribution in [-0.4, -0.2) is 29.6 Å². The van der Waals surface area contributed by atoms with E-state index in [1.54, 1.807) is 11.3 Å². The van der Waals surface area contributed by atoms with Gasteiger partial charge in [0.25, 0.3) is 0 Å². The van der Waals surface area contributed by atoms with Crippen molar-refractivity contribution in [3.05, 3.63) is 22.4 Å². The van der Waals surface area contributed by atoms with Crippen molar-refractivity contribution in [2.45, 2.75) is 43.8 Å². The summed E-state index contributed by atoms with van der Waals surface area (Å²) >= 11 is 1.76. The highest BCUT2D eigenvalue weighted by Gasteiger charge is 2.48. The lowest BCUT2D eigenvalue weighted by atomic mass is 9.86. The van der Waals surface area contributed by atoms with Gasteiger partial charge in [-0.25, -0.2) is 0 Å². The summed E-state index contributed by atoms with van der Waals surface area (Å²) in [6, 6.07) is 7.22. The normalized spacial score (nSPS) is 32.1. The quantitative estimate of drug-likeness (QED) is 0.908. The zero-order chi connectivity index (χ0) is 12.4. The standard InChI is InChI=1S/C14H19N3S/c15-11-14(16-10-12-4-3-9-18-12)6-8-17-7-2-1-5-13(14)17/h3-4,9,13,16H,1-2,5-8,10H2. The molecule has 1 aromatic rings. The van der Waals surface area contributed by atoms with Crippen molar-refractivity contribution in [2.24, 2.45) is 0 Å². The van der Waals surface area contributed by atoms with Gasteiger partial charge in [-0.05, 0) is 37.3 Å². The van der Waals surface area contributed by atoms with Gasteiger partial charge in [0.1, 0.15) is 5.54 Å². The average molecular weight is 261 g/mol. The van der Waals surface area contributed by atoms with Crippen LogP contribution in [-0.2, 0) is 6.54 Å². The van der Waals surface area contributed by atoms with Crippen LogP contribution >= 0.6 is 11.3 Å². The van der Waals surface area contributed by atoms with Crippen molar-refractivity contribution in [2.75, 3.05) is 13.1 Å². The Labute approximate surface area is 112 Å². The summed E-state index contributed by atoms with van der Waals surface area (Å²) in [6.45, 7) is 3.08. The number of rotatable bonds is 3. The molecule has 0 amide bonds. The van der Waals surface area contributed by atoms with Crippen LogP contribution in [0.3, 0.4) is 0 Å². The monoisotopic (exact) mass is 261 g/mol. The van der Waals surface area contributed by atoms with Crippen LogP contribution in [0.5, 0.6) is 0 Å². The molecule has 1 N–H and O–H groups in total. The van der Waals surface area contributed by atoms with Crippen molar-refractivity contribution < 1.29 is 0 Å². The summed E-state index contributed by atoms with van der Waals surface area (Å²) in [5.74, 6) is 0. The maximum Gasteiger partial charge on any atom is 0.123 e. The first-order valence-electron chi connectivity index (χ1n) is 6.77. The molecule has 2 unspecified atom stereocenters. The van der Waals surface area contributed by atoms with Crippen LogP contribution in [0.25, 0.3) is 0 Å². The SMILES string of the molecule is N#CC1(NCc2cccs2)CCN2CCCCC21. The van der Waals surface area contributed by atoms with Gasteiger partial charge in [0, 0.05) is 24.0 Å². The predicted molar refractivity (Wildman–Crippen MR) is 73.3 cm³/mol. The topological polar surface area (TPSA) is 39.1 Å². The Balaban J connectivity index is 1.72. The largest absolute Gasteiger partial charge is 0.297 e. The second-order valence-corrected chi connectivity index (χ2v) is 6.35. The van der Waals surface area contributed by atoms with Crippen LogP contribution in [0, 0.1) is 11.3 Å². The molecule has 0 aliphatic carbocycles. The van der Waals surface area contributed by atoms with E-state index in [1.807, 2.05) is 0 Å². The second kappa shape index (κ2) is 5.00. The molecule has 0 aromatic carbocycles. The van der Waals surface area contributed by atoms with E-state index in [2.05, 4.69) is 33.8 Å². The molecule has 0 bridgehead atoms. The highest BCUT2D eigenvalue weighted by Crippen LogP contribution is 2.35. The third-order valence-corrected chi connectivity index (χ3v) is 5.21. The Bertz CT molecular complexity index is 436. The van der Waals surface area contributed by atoms with Gasteiger partial charge in [0.2, 0.25) is 0 Å². The number of nitrogens with zero attached hydrogens (tertiary/aromatic N) is 2. The number of hydrogen-bond donors (Lipinski definition) is 1. The molecule has 2 saturated heterocycles. The van der Waals surface area contributed by atoms with Gasteiger partial charge in [-0.15, -0.1) is 11.3 Å². The van der Waals surface area contributed by atoms with Gasteiger partial charge in [-0.2, -0.15) is 5.26 Å². The molecule has 3 heterocycles. The molecule has 3 nitrogen and oxygen atoms in total. The van der Waals surface area contributed by atoms with Crippen molar-refractivity contribution in [3.8, 4) is 6.07 Å². The molecule has 18 heavy (non-hydrogen) atoms. The first-order chi connectivity index (χ1) is 8.84. The summed E-state index contributed by atoms with van der Waals surface area (Å²) in [4.78, 5) is 3.83. The van der Waals surface area contributed by atoms with Gasteiger partial charge in [0.15, 0.2) is 0 Å². The molecule has 0 radical (unpaired) electrons. The van der Waals surface area contributed by atoms with Crippen molar-refractivity contribution in [1.82, 2.24) is 10.2 Å². The molecular formula is C14H19N3S. The molecule has 1 aromatic heterocycles. The Kier molecular flexibility index (Phi) is 3.38. The molecule has 2 fully saturated rings. The third kappa shape index (κ3) is 2.07. The number of hydrogen-bond acceptors (Lipinski definition) is 4. The van der Waals surface area contributed by atoms with Crippen molar-refractivity contribution in [3.63, 3.8) is 0 Å². The van der Waals surface area contributed by atoms with E-state index >= 15 is 0 Å². The molecule has 3 rings (SSSR count). The van der Waals surface area contributed by atoms with E-state index in [-0.39, 0.29) is 5.54 Å². The minimum Gasteiger partial charge on any atom is -0.297 e. The maximum atomic E-state index is 9.65. The fourth-order valence-corrected chi connectivity index (χ4v) is 3.98. The molecule has 2 aliphatic heterocycles. The zero-order valence-corrected chi connectivity index (χ0v) is 11.4. The number of nitrogens with one attached hydrogen (secondary N) is 1. The Morgan fingerprint density at radius 2 is 2.44 bits per heavy atom. The van der Waals surface area contributed by atoms with Crippen LogP contribution in [0.2, 0.25) is 0 Å².